The highest BCUT2D eigenvalue weighted by Gasteiger charge is 2.41. The minimum Gasteiger partial charge on any atom is -0.475 e. The Hall–Kier alpha value is -2.41. The van der Waals surface area contributed by atoms with Gasteiger partial charge in [0, 0.05) is 45.0 Å². The zero-order valence-corrected chi connectivity index (χ0v) is 18.1. The standard InChI is InChI=1S/C16H25N3.2C2HF3O2/c1-3-13(2)19-10-14-8-18(9-15(14)11-19)12-16-6-4-5-7-17-16;2*3-2(4,5)1(6)7/h4-7,13-15H,3,8-12H2,1-2H3;2*(H,6,7)/t13?,14-,15+;;. The second-order valence-corrected chi connectivity index (χ2v) is 7.85. The van der Waals surface area contributed by atoms with Crippen LogP contribution in [-0.2, 0) is 16.1 Å². The number of carboxylic acid groups (broad SMARTS) is 2. The van der Waals surface area contributed by atoms with Crippen molar-refractivity contribution >= 4 is 11.9 Å². The first-order valence-corrected chi connectivity index (χ1v) is 10.1. The predicted molar refractivity (Wildman–Crippen MR) is 105 cm³/mol. The molecule has 2 aliphatic heterocycles. The van der Waals surface area contributed by atoms with Crippen LogP contribution in [0.1, 0.15) is 26.0 Å². The number of rotatable bonds is 4. The van der Waals surface area contributed by atoms with E-state index in [0.717, 1.165) is 24.4 Å². The molecule has 13 heteroatoms. The molecule has 7 nitrogen and oxygen atoms in total. The molecule has 0 bridgehead atoms. The van der Waals surface area contributed by atoms with Crippen molar-refractivity contribution in [3.63, 3.8) is 0 Å². The third kappa shape index (κ3) is 9.95. The third-order valence-corrected chi connectivity index (χ3v) is 5.40. The lowest BCUT2D eigenvalue weighted by molar-refractivity contribution is -0.193. The smallest absolute Gasteiger partial charge is 0.475 e. The zero-order valence-electron chi connectivity index (χ0n) is 18.1. The number of pyridine rings is 1. The summed E-state index contributed by atoms with van der Waals surface area (Å²) in [5.41, 5.74) is 1.21. The number of hydrogen-bond donors (Lipinski definition) is 2. The monoisotopic (exact) mass is 487 g/mol. The van der Waals surface area contributed by atoms with Crippen molar-refractivity contribution in [3.8, 4) is 0 Å². The van der Waals surface area contributed by atoms with Crippen LogP contribution in [0.4, 0.5) is 26.3 Å². The Morgan fingerprint density at radius 3 is 1.79 bits per heavy atom. The van der Waals surface area contributed by atoms with Crippen LogP contribution in [0.3, 0.4) is 0 Å². The summed E-state index contributed by atoms with van der Waals surface area (Å²) in [5, 5.41) is 14.2. The van der Waals surface area contributed by atoms with Gasteiger partial charge in [-0.1, -0.05) is 13.0 Å². The largest absolute Gasteiger partial charge is 0.490 e. The molecule has 2 N–H and O–H groups in total. The molecule has 0 radical (unpaired) electrons. The number of alkyl halides is 6. The average molecular weight is 487 g/mol. The molecule has 2 fully saturated rings. The van der Waals surface area contributed by atoms with E-state index < -0.39 is 24.3 Å². The summed E-state index contributed by atoms with van der Waals surface area (Å²) >= 11 is 0. The van der Waals surface area contributed by atoms with E-state index in [4.69, 9.17) is 19.8 Å². The van der Waals surface area contributed by atoms with E-state index in [9.17, 15) is 26.3 Å². The molecule has 0 aliphatic carbocycles. The maximum Gasteiger partial charge on any atom is 0.490 e. The van der Waals surface area contributed by atoms with Crippen LogP contribution in [-0.4, -0.2) is 81.5 Å². The van der Waals surface area contributed by atoms with Gasteiger partial charge in [-0.2, -0.15) is 26.3 Å². The lowest BCUT2D eigenvalue weighted by Crippen LogP contribution is -2.34. The van der Waals surface area contributed by atoms with E-state index in [2.05, 4.69) is 40.8 Å². The molecule has 0 amide bonds. The maximum absolute atomic E-state index is 10.6. The SMILES string of the molecule is CCC(C)N1C[C@H]2CN(Cc3ccccn3)C[C@H]2C1.O=C(O)C(F)(F)F.O=C(O)C(F)(F)F. The summed E-state index contributed by atoms with van der Waals surface area (Å²) in [6, 6.07) is 6.98. The summed E-state index contributed by atoms with van der Waals surface area (Å²) in [7, 11) is 0. The van der Waals surface area contributed by atoms with Gasteiger partial charge in [-0.15, -0.1) is 0 Å². The molecule has 1 aromatic rings. The second-order valence-electron chi connectivity index (χ2n) is 7.85. The Morgan fingerprint density at radius 2 is 1.45 bits per heavy atom. The summed E-state index contributed by atoms with van der Waals surface area (Å²) < 4.78 is 63.5. The van der Waals surface area contributed by atoms with E-state index >= 15 is 0 Å². The topological polar surface area (TPSA) is 94.0 Å². The minimum atomic E-state index is -5.08. The second kappa shape index (κ2) is 12.2. The van der Waals surface area contributed by atoms with Crippen molar-refractivity contribution in [1.82, 2.24) is 14.8 Å². The van der Waals surface area contributed by atoms with Crippen LogP contribution in [0.25, 0.3) is 0 Å². The molecule has 0 spiro atoms. The molecule has 2 aliphatic rings. The van der Waals surface area contributed by atoms with Crippen LogP contribution < -0.4 is 0 Å². The van der Waals surface area contributed by atoms with Crippen molar-refractivity contribution in [2.45, 2.75) is 45.2 Å². The molecule has 1 aromatic heterocycles. The lowest BCUT2D eigenvalue weighted by Gasteiger charge is -2.25. The number of fused-ring (bicyclic) bond motifs is 1. The molecule has 2 saturated heterocycles. The average Bonchev–Trinajstić information content (AvgIpc) is 3.26. The predicted octanol–water partition coefficient (Wildman–Crippen LogP) is 3.51. The van der Waals surface area contributed by atoms with Crippen LogP contribution in [0, 0.1) is 11.8 Å². The normalized spacial score (nSPS) is 21.8. The van der Waals surface area contributed by atoms with Gasteiger partial charge >= 0.3 is 24.3 Å². The van der Waals surface area contributed by atoms with Gasteiger partial charge in [0.2, 0.25) is 0 Å². The molecule has 3 rings (SSSR count). The molecule has 33 heavy (non-hydrogen) atoms. The Bertz CT molecular complexity index is 722. The van der Waals surface area contributed by atoms with Gasteiger partial charge in [-0.05, 0) is 37.3 Å². The zero-order chi connectivity index (χ0) is 25.4. The Balaban J connectivity index is 0.000000324. The molecular formula is C20H27F6N3O4. The van der Waals surface area contributed by atoms with E-state index in [0.29, 0.717) is 0 Å². The first-order chi connectivity index (χ1) is 15.1. The number of nitrogens with zero attached hydrogens (tertiary/aromatic N) is 3. The Kier molecular flexibility index (Phi) is 10.6. The van der Waals surface area contributed by atoms with Gasteiger partial charge in [-0.3, -0.25) is 9.88 Å². The van der Waals surface area contributed by atoms with Gasteiger partial charge in [-0.25, -0.2) is 9.59 Å². The quantitative estimate of drug-likeness (QED) is 0.628. The third-order valence-electron chi connectivity index (χ3n) is 5.40. The van der Waals surface area contributed by atoms with Gasteiger partial charge in [0.05, 0.1) is 5.69 Å². The highest BCUT2D eigenvalue weighted by Crippen LogP contribution is 2.33. The molecule has 0 saturated carbocycles. The number of aliphatic carboxylic acids is 2. The van der Waals surface area contributed by atoms with E-state index in [1.54, 1.807) is 0 Å². The number of likely N-dealkylation sites (tertiary alicyclic amines) is 2. The summed E-state index contributed by atoms with van der Waals surface area (Å²) in [5.74, 6) is -3.74. The fourth-order valence-electron chi connectivity index (χ4n) is 3.59. The molecule has 1 unspecified atom stereocenters. The van der Waals surface area contributed by atoms with Crippen molar-refractivity contribution in [2.24, 2.45) is 11.8 Å². The number of carboxylic acids is 2. The minimum absolute atomic E-state index is 0.759. The Morgan fingerprint density at radius 1 is 1.00 bits per heavy atom. The molecule has 0 aromatic carbocycles. The van der Waals surface area contributed by atoms with Crippen molar-refractivity contribution in [2.75, 3.05) is 26.2 Å². The summed E-state index contributed by atoms with van der Waals surface area (Å²) in [6.45, 7) is 10.8. The van der Waals surface area contributed by atoms with Crippen LogP contribution in [0.5, 0.6) is 0 Å². The number of carbonyl (C=O) groups is 2. The van der Waals surface area contributed by atoms with E-state index in [1.165, 1.54) is 38.3 Å². The van der Waals surface area contributed by atoms with Gasteiger partial charge in [0.25, 0.3) is 0 Å². The molecule has 188 valence electrons. The fraction of sp³-hybridized carbons (Fsp3) is 0.650. The molecule has 3 heterocycles. The highest BCUT2D eigenvalue weighted by atomic mass is 19.4. The van der Waals surface area contributed by atoms with Gasteiger partial charge in [0.15, 0.2) is 0 Å². The van der Waals surface area contributed by atoms with Gasteiger partial charge < -0.3 is 15.1 Å². The van der Waals surface area contributed by atoms with Crippen molar-refractivity contribution in [1.29, 1.82) is 0 Å². The van der Waals surface area contributed by atoms with Gasteiger partial charge in [0.1, 0.15) is 0 Å². The number of halogens is 6. The fourth-order valence-corrected chi connectivity index (χ4v) is 3.59. The van der Waals surface area contributed by atoms with Crippen LogP contribution in [0.15, 0.2) is 24.4 Å². The highest BCUT2D eigenvalue weighted by molar-refractivity contribution is 5.73. The molecular weight excluding hydrogens is 460 g/mol. The van der Waals surface area contributed by atoms with E-state index in [-0.39, 0.29) is 0 Å². The van der Waals surface area contributed by atoms with Crippen LogP contribution in [0.2, 0.25) is 0 Å². The summed E-state index contributed by atoms with van der Waals surface area (Å²) in [6.07, 6.45) is -6.99. The maximum atomic E-state index is 10.6. The summed E-state index contributed by atoms with van der Waals surface area (Å²) in [4.78, 5) is 27.5. The number of aromatic nitrogens is 1. The Labute approximate surface area is 187 Å². The van der Waals surface area contributed by atoms with Crippen molar-refractivity contribution in [3.05, 3.63) is 30.1 Å². The number of hydrogen-bond acceptors (Lipinski definition) is 5. The van der Waals surface area contributed by atoms with E-state index in [1.807, 2.05) is 12.3 Å². The van der Waals surface area contributed by atoms with Crippen molar-refractivity contribution < 1.29 is 46.1 Å². The first-order valence-electron chi connectivity index (χ1n) is 10.1. The first kappa shape index (κ1) is 28.6. The van der Waals surface area contributed by atoms with Crippen LogP contribution >= 0.6 is 0 Å². The molecule has 3 atom stereocenters. The lowest BCUT2D eigenvalue weighted by atomic mass is 10.0.